The van der Waals surface area contributed by atoms with Gasteiger partial charge in [0.2, 0.25) is 5.95 Å². The number of aromatic amines is 1. The van der Waals surface area contributed by atoms with Crippen molar-refractivity contribution in [3.8, 4) is 0 Å². The molecule has 0 fully saturated rings. The number of amides is 2. The van der Waals surface area contributed by atoms with Crippen LogP contribution >= 0.6 is 0 Å². The van der Waals surface area contributed by atoms with Crippen molar-refractivity contribution in [1.29, 1.82) is 0 Å². The summed E-state index contributed by atoms with van der Waals surface area (Å²) in [6.45, 7) is 7.29. The van der Waals surface area contributed by atoms with Gasteiger partial charge < -0.3 is 15.0 Å². The number of nitrogens with one attached hydrogen (secondary N) is 3. The molecule has 7 heteroatoms. The number of ether oxygens (including phenoxy) is 1. The number of aryl methyl sites for hydroxylation is 1. The van der Waals surface area contributed by atoms with Crippen LogP contribution in [0.1, 0.15) is 12.5 Å². The minimum atomic E-state index is -0.477. The third-order valence-electron chi connectivity index (χ3n) is 2.84. The van der Waals surface area contributed by atoms with E-state index in [1.54, 1.807) is 6.92 Å². The van der Waals surface area contributed by atoms with Gasteiger partial charge >= 0.3 is 12.0 Å². The lowest BCUT2D eigenvalue weighted by molar-refractivity contribution is -0.138. The van der Waals surface area contributed by atoms with Crippen LogP contribution in [0.15, 0.2) is 30.4 Å². The van der Waals surface area contributed by atoms with Crippen LogP contribution in [0.5, 0.6) is 0 Å². The second-order valence-corrected chi connectivity index (χ2v) is 4.90. The van der Waals surface area contributed by atoms with E-state index in [-0.39, 0.29) is 13.2 Å². The highest BCUT2D eigenvalue weighted by atomic mass is 16.5. The van der Waals surface area contributed by atoms with Gasteiger partial charge in [0.25, 0.3) is 0 Å². The molecule has 1 heterocycles. The second kappa shape index (κ2) is 6.75. The van der Waals surface area contributed by atoms with Crippen molar-refractivity contribution in [2.24, 2.45) is 0 Å². The fourth-order valence-electron chi connectivity index (χ4n) is 1.77. The Morgan fingerprint density at radius 3 is 2.91 bits per heavy atom. The molecule has 0 aliphatic heterocycles. The van der Waals surface area contributed by atoms with Gasteiger partial charge in [0.15, 0.2) is 0 Å². The Balaban J connectivity index is 1.81. The molecule has 0 saturated carbocycles. The predicted molar refractivity (Wildman–Crippen MR) is 83.6 cm³/mol. The Kier molecular flexibility index (Phi) is 4.77. The third kappa shape index (κ3) is 4.08. The smallest absolute Gasteiger partial charge is 0.333 e. The standard InChI is InChI=1S/C15H18N4O3/c1-9(2)13(20)22-7-6-16-15(21)19-14-17-11-5-4-10(3)8-12(11)18-14/h4-5,8H,1,6-7H2,2-3H3,(H3,16,17,18,19,21). The number of urea groups is 1. The van der Waals surface area contributed by atoms with Crippen molar-refractivity contribution in [2.45, 2.75) is 13.8 Å². The summed E-state index contributed by atoms with van der Waals surface area (Å²) in [6, 6.07) is 5.34. The van der Waals surface area contributed by atoms with E-state index < -0.39 is 12.0 Å². The van der Waals surface area contributed by atoms with Crippen molar-refractivity contribution in [1.82, 2.24) is 15.3 Å². The maximum atomic E-state index is 11.7. The maximum absolute atomic E-state index is 11.7. The molecule has 1 aromatic heterocycles. The second-order valence-electron chi connectivity index (χ2n) is 4.90. The number of hydrogen-bond acceptors (Lipinski definition) is 4. The van der Waals surface area contributed by atoms with E-state index in [9.17, 15) is 9.59 Å². The number of rotatable bonds is 5. The number of carbonyl (C=O) groups is 2. The summed E-state index contributed by atoms with van der Waals surface area (Å²) in [6.07, 6.45) is 0. The fraction of sp³-hybridized carbons (Fsp3) is 0.267. The molecule has 2 aromatic rings. The lowest BCUT2D eigenvalue weighted by Gasteiger charge is -2.06. The summed E-state index contributed by atoms with van der Waals surface area (Å²) in [5, 5.41) is 5.15. The number of benzene rings is 1. The number of hydrogen-bond donors (Lipinski definition) is 3. The van der Waals surface area contributed by atoms with Gasteiger partial charge in [-0.2, -0.15) is 0 Å². The van der Waals surface area contributed by atoms with Crippen molar-refractivity contribution in [3.63, 3.8) is 0 Å². The number of nitrogens with zero attached hydrogens (tertiary/aromatic N) is 1. The minimum Gasteiger partial charge on any atom is -0.460 e. The van der Waals surface area contributed by atoms with E-state index >= 15 is 0 Å². The topological polar surface area (TPSA) is 96.1 Å². The van der Waals surface area contributed by atoms with Gasteiger partial charge in [0.05, 0.1) is 17.6 Å². The van der Waals surface area contributed by atoms with Crippen LogP contribution in [0.3, 0.4) is 0 Å². The molecule has 0 bridgehead atoms. The van der Waals surface area contributed by atoms with Gasteiger partial charge in [-0.25, -0.2) is 14.6 Å². The lowest BCUT2D eigenvalue weighted by Crippen LogP contribution is -2.32. The lowest BCUT2D eigenvalue weighted by atomic mass is 10.2. The molecule has 1 aromatic carbocycles. The maximum Gasteiger partial charge on any atom is 0.333 e. The first-order valence-electron chi connectivity index (χ1n) is 6.79. The van der Waals surface area contributed by atoms with Gasteiger partial charge in [-0.3, -0.25) is 5.32 Å². The van der Waals surface area contributed by atoms with Crippen molar-refractivity contribution in [3.05, 3.63) is 35.9 Å². The molecule has 0 aliphatic carbocycles. The third-order valence-corrected chi connectivity index (χ3v) is 2.84. The Morgan fingerprint density at radius 1 is 1.41 bits per heavy atom. The summed E-state index contributed by atoms with van der Waals surface area (Å²) in [5.41, 5.74) is 3.05. The van der Waals surface area contributed by atoms with Crippen LogP contribution in [0, 0.1) is 6.92 Å². The molecule has 0 spiro atoms. The van der Waals surface area contributed by atoms with Crippen molar-refractivity contribution >= 4 is 29.0 Å². The zero-order valence-electron chi connectivity index (χ0n) is 12.5. The Morgan fingerprint density at radius 2 is 2.18 bits per heavy atom. The fourth-order valence-corrected chi connectivity index (χ4v) is 1.77. The minimum absolute atomic E-state index is 0.0818. The number of imidazole rings is 1. The van der Waals surface area contributed by atoms with E-state index in [1.807, 2.05) is 25.1 Å². The van der Waals surface area contributed by atoms with Crippen LogP contribution in [-0.4, -0.2) is 35.1 Å². The molecule has 0 unspecified atom stereocenters. The normalized spacial score (nSPS) is 10.3. The number of H-pyrrole nitrogens is 1. The highest BCUT2D eigenvalue weighted by Crippen LogP contribution is 2.15. The molecule has 0 aliphatic rings. The first-order chi connectivity index (χ1) is 10.5. The van der Waals surface area contributed by atoms with Crippen LogP contribution < -0.4 is 10.6 Å². The monoisotopic (exact) mass is 302 g/mol. The first kappa shape index (κ1) is 15.6. The van der Waals surface area contributed by atoms with E-state index in [0.717, 1.165) is 16.6 Å². The predicted octanol–water partition coefficient (Wildman–Crippen LogP) is 2.11. The SMILES string of the molecule is C=C(C)C(=O)OCCNC(=O)Nc1nc2ccc(C)cc2[nH]1. The summed E-state index contributed by atoms with van der Waals surface area (Å²) >= 11 is 0. The van der Waals surface area contributed by atoms with Crippen molar-refractivity contribution in [2.75, 3.05) is 18.5 Å². The molecule has 7 nitrogen and oxygen atoms in total. The van der Waals surface area contributed by atoms with Gasteiger partial charge in [-0.05, 0) is 31.5 Å². The average Bonchev–Trinajstić information content (AvgIpc) is 2.84. The molecule has 0 radical (unpaired) electrons. The molecule has 3 N–H and O–H groups in total. The van der Waals surface area contributed by atoms with Gasteiger partial charge in [0.1, 0.15) is 6.61 Å². The zero-order chi connectivity index (χ0) is 16.1. The van der Waals surface area contributed by atoms with E-state index in [1.165, 1.54) is 0 Å². The summed E-state index contributed by atoms with van der Waals surface area (Å²) in [5.74, 6) is -0.119. The molecular formula is C15H18N4O3. The number of carbonyl (C=O) groups excluding carboxylic acids is 2. The molecule has 0 saturated heterocycles. The van der Waals surface area contributed by atoms with Crippen molar-refractivity contribution < 1.29 is 14.3 Å². The van der Waals surface area contributed by atoms with Crippen LogP contribution in [0.4, 0.5) is 10.7 Å². The molecule has 2 rings (SSSR count). The highest BCUT2D eigenvalue weighted by molar-refractivity contribution is 5.90. The van der Waals surface area contributed by atoms with Gasteiger partial charge in [0, 0.05) is 5.57 Å². The number of fused-ring (bicyclic) bond motifs is 1. The first-order valence-corrected chi connectivity index (χ1v) is 6.79. The molecular weight excluding hydrogens is 284 g/mol. The highest BCUT2D eigenvalue weighted by Gasteiger charge is 2.07. The number of anilines is 1. The number of aromatic nitrogens is 2. The van der Waals surface area contributed by atoms with Crippen LogP contribution in [0.25, 0.3) is 11.0 Å². The van der Waals surface area contributed by atoms with E-state index in [4.69, 9.17) is 4.74 Å². The summed E-state index contributed by atoms with van der Waals surface area (Å²) in [4.78, 5) is 30.1. The van der Waals surface area contributed by atoms with Gasteiger partial charge in [-0.1, -0.05) is 12.6 Å². The number of esters is 1. The average molecular weight is 302 g/mol. The van der Waals surface area contributed by atoms with Gasteiger partial charge in [-0.15, -0.1) is 0 Å². The summed E-state index contributed by atoms with van der Waals surface area (Å²) < 4.78 is 4.86. The van der Waals surface area contributed by atoms with Crippen LogP contribution in [0.2, 0.25) is 0 Å². The van der Waals surface area contributed by atoms with E-state index in [0.29, 0.717) is 11.5 Å². The molecule has 2 amide bonds. The zero-order valence-corrected chi connectivity index (χ0v) is 12.5. The quantitative estimate of drug-likeness (QED) is 0.448. The molecule has 0 atom stereocenters. The van der Waals surface area contributed by atoms with Crippen LogP contribution in [-0.2, 0) is 9.53 Å². The Labute approximate surface area is 127 Å². The molecule has 22 heavy (non-hydrogen) atoms. The Bertz CT molecular complexity index is 721. The Hall–Kier alpha value is -2.83. The largest absolute Gasteiger partial charge is 0.460 e. The van der Waals surface area contributed by atoms with E-state index in [2.05, 4.69) is 27.2 Å². The molecule has 116 valence electrons. The summed E-state index contributed by atoms with van der Waals surface area (Å²) in [7, 11) is 0.